The number of fused-ring (bicyclic) bond motifs is 2. The summed E-state index contributed by atoms with van der Waals surface area (Å²) in [5, 5.41) is 8.22. The van der Waals surface area contributed by atoms with Gasteiger partial charge in [-0.05, 0) is 54.4 Å². The predicted molar refractivity (Wildman–Crippen MR) is 111 cm³/mol. The molecule has 2 aromatic heterocycles. The van der Waals surface area contributed by atoms with Gasteiger partial charge in [-0.2, -0.15) is 9.67 Å². The van der Waals surface area contributed by atoms with Crippen molar-refractivity contribution in [1.82, 2.24) is 29.9 Å². The first-order chi connectivity index (χ1) is 15.1. The summed E-state index contributed by atoms with van der Waals surface area (Å²) in [7, 11) is 0. The van der Waals surface area contributed by atoms with E-state index in [9.17, 15) is 9.59 Å². The van der Waals surface area contributed by atoms with Crippen LogP contribution in [0.2, 0.25) is 5.28 Å². The van der Waals surface area contributed by atoms with Gasteiger partial charge in [0.25, 0.3) is 11.8 Å². The Balaban J connectivity index is 1.19. The third-order valence-electron chi connectivity index (χ3n) is 4.92. The van der Waals surface area contributed by atoms with Gasteiger partial charge in [-0.1, -0.05) is 17.3 Å². The minimum absolute atomic E-state index is 0.120. The van der Waals surface area contributed by atoms with Crippen molar-refractivity contribution in [3.8, 4) is 11.4 Å². The summed E-state index contributed by atoms with van der Waals surface area (Å²) < 4.78 is 7.32. The quantitative estimate of drug-likeness (QED) is 0.261. The van der Waals surface area contributed by atoms with E-state index in [-0.39, 0.29) is 17.1 Å². The largest absolute Gasteiger partial charge is 0.494 e. The first-order valence-electron chi connectivity index (χ1n) is 9.54. The number of carbonyl (C=O) groups is 2. The van der Waals surface area contributed by atoms with E-state index >= 15 is 0 Å². The number of halogens is 1. The van der Waals surface area contributed by atoms with Crippen molar-refractivity contribution in [3.05, 3.63) is 71.1 Å². The van der Waals surface area contributed by atoms with Gasteiger partial charge in [0.1, 0.15) is 5.75 Å². The van der Waals surface area contributed by atoms with Crippen LogP contribution in [-0.2, 0) is 0 Å². The maximum Gasteiger partial charge on any atom is 0.261 e. The van der Waals surface area contributed by atoms with E-state index in [0.717, 1.165) is 5.69 Å². The van der Waals surface area contributed by atoms with Crippen molar-refractivity contribution >= 4 is 34.6 Å². The van der Waals surface area contributed by atoms with Crippen LogP contribution < -0.4 is 4.74 Å². The molecule has 4 aromatic rings. The molecule has 3 heterocycles. The molecular weight excluding hydrogens is 420 g/mol. The van der Waals surface area contributed by atoms with Gasteiger partial charge in [-0.15, -0.1) is 5.10 Å². The number of ether oxygens (including phenoxy) is 1. The predicted octanol–water partition coefficient (Wildman–Crippen LogP) is 2.93. The van der Waals surface area contributed by atoms with Crippen LogP contribution in [0.1, 0.15) is 27.1 Å². The molecule has 0 fully saturated rings. The van der Waals surface area contributed by atoms with E-state index in [4.69, 9.17) is 16.3 Å². The summed E-state index contributed by atoms with van der Waals surface area (Å²) >= 11 is 5.87. The second-order valence-corrected chi connectivity index (χ2v) is 7.19. The lowest BCUT2D eigenvalue weighted by Gasteiger charge is -2.14. The van der Waals surface area contributed by atoms with Crippen molar-refractivity contribution < 1.29 is 14.3 Å². The zero-order chi connectivity index (χ0) is 21.4. The number of benzene rings is 2. The normalized spacial score (nSPS) is 13.1. The smallest absolute Gasteiger partial charge is 0.261 e. The maximum atomic E-state index is 12.4. The Kier molecular flexibility index (Phi) is 4.79. The summed E-state index contributed by atoms with van der Waals surface area (Å²) in [5.41, 5.74) is 2.70. The lowest BCUT2D eigenvalue weighted by atomic mass is 10.1. The van der Waals surface area contributed by atoms with E-state index in [0.29, 0.717) is 47.6 Å². The molecule has 1 aliphatic rings. The molecule has 0 bridgehead atoms. The van der Waals surface area contributed by atoms with Crippen LogP contribution in [0.15, 0.2) is 54.7 Å². The SMILES string of the molecule is O=C1c2ccccc2C(=O)N1CCCOc1ccc(-n2nnc3cnc(Cl)nc32)cc1. The molecule has 9 nitrogen and oxygen atoms in total. The molecule has 10 heteroatoms. The van der Waals surface area contributed by atoms with Crippen molar-refractivity contribution in [1.29, 1.82) is 0 Å². The van der Waals surface area contributed by atoms with Crippen LogP contribution in [0.5, 0.6) is 5.75 Å². The molecular formula is C21H15ClN6O3. The van der Waals surface area contributed by atoms with Crippen LogP contribution in [0, 0.1) is 0 Å². The fourth-order valence-corrected chi connectivity index (χ4v) is 3.55. The number of hydrogen-bond acceptors (Lipinski definition) is 7. The van der Waals surface area contributed by atoms with E-state index in [1.165, 1.54) is 11.1 Å². The standard InChI is InChI=1S/C21H15ClN6O3/c22-21-23-12-17-18(24-21)28(26-25-17)13-6-8-14(9-7-13)31-11-3-10-27-19(29)15-4-1-2-5-16(15)20(27)30/h1-2,4-9,12H,3,10-11H2. The zero-order valence-electron chi connectivity index (χ0n) is 16.1. The second kappa shape index (κ2) is 7.77. The van der Waals surface area contributed by atoms with Gasteiger partial charge in [0.2, 0.25) is 5.28 Å². The highest BCUT2D eigenvalue weighted by atomic mass is 35.5. The molecule has 0 aliphatic carbocycles. The topological polar surface area (TPSA) is 103 Å². The summed E-state index contributed by atoms with van der Waals surface area (Å²) in [4.78, 5) is 34.1. The van der Waals surface area contributed by atoms with Crippen LogP contribution in [0.4, 0.5) is 0 Å². The van der Waals surface area contributed by atoms with Crippen LogP contribution in [-0.4, -0.2) is 54.8 Å². The van der Waals surface area contributed by atoms with E-state index in [1.54, 1.807) is 41.1 Å². The van der Waals surface area contributed by atoms with Gasteiger partial charge in [-0.3, -0.25) is 14.5 Å². The van der Waals surface area contributed by atoms with Gasteiger partial charge in [0.15, 0.2) is 11.2 Å². The number of aromatic nitrogens is 5. The summed E-state index contributed by atoms with van der Waals surface area (Å²) in [5.74, 6) is 0.144. The van der Waals surface area contributed by atoms with Gasteiger partial charge in [0.05, 0.1) is 29.6 Å². The van der Waals surface area contributed by atoms with E-state index in [1.807, 2.05) is 12.1 Å². The molecule has 0 radical (unpaired) electrons. The highest BCUT2D eigenvalue weighted by Crippen LogP contribution is 2.23. The van der Waals surface area contributed by atoms with Crippen molar-refractivity contribution in [2.75, 3.05) is 13.2 Å². The molecule has 0 spiro atoms. The van der Waals surface area contributed by atoms with Crippen LogP contribution >= 0.6 is 11.6 Å². The summed E-state index contributed by atoms with van der Waals surface area (Å²) in [6.45, 7) is 0.664. The average Bonchev–Trinajstić information content (AvgIpc) is 3.31. The van der Waals surface area contributed by atoms with E-state index < -0.39 is 0 Å². The zero-order valence-corrected chi connectivity index (χ0v) is 16.9. The number of amides is 2. The fraction of sp³-hybridized carbons (Fsp3) is 0.143. The molecule has 0 saturated carbocycles. The highest BCUT2D eigenvalue weighted by Gasteiger charge is 2.34. The number of nitrogens with zero attached hydrogens (tertiary/aromatic N) is 6. The third-order valence-corrected chi connectivity index (χ3v) is 5.10. The van der Waals surface area contributed by atoms with Gasteiger partial charge in [0, 0.05) is 6.54 Å². The molecule has 154 valence electrons. The Bertz CT molecular complexity index is 1270. The Morgan fingerprint density at radius 3 is 2.39 bits per heavy atom. The monoisotopic (exact) mass is 434 g/mol. The number of rotatable bonds is 6. The van der Waals surface area contributed by atoms with Gasteiger partial charge >= 0.3 is 0 Å². The lowest BCUT2D eigenvalue weighted by molar-refractivity contribution is 0.0646. The highest BCUT2D eigenvalue weighted by molar-refractivity contribution is 6.28. The summed E-state index contributed by atoms with van der Waals surface area (Å²) in [6.07, 6.45) is 2.04. The Hall–Kier alpha value is -3.85. The Labute approximate surface area is 181 Å². The van der Waals surface area contributed by atoms with E-state index in [2.05, 4.69) is 20.3 Å². The van der Waals surface area contributed by atoms with Crippen molar-refractivity contribution in [3.63, 3.8) is 0 Å². The Morgan fingerprint density at radius 2 is 1.68 bits per heavy atom. The summed E-state index contributed by atoms with van der Waals surface area (Å²) in [6, 6.07) is 14.1. The number of hydrogen-bond donors (Lipinski definition) is 0. The molecule has 2 amide bonds. The van der Waals surface area contributed by atoms with Gasteiger partial charge < -0.3 is 4.74 Å². The average molecular weight is 435 g/mol. The minimum atomic E-state index is -0.256. The molecule has 2 aromatic carbocycles. The minimum Gasteiger partial charge on any atom is -0.494 e. The van der Waals surface area contributed by atoms with Gasteiger partial charge in [-0.25, -0.2) is 4.98 Å². The molecule has 0 saturated heterocycles. The first kappa shape index (κ1) is 19.1. The third kappa shape index (κ3) is 3.49. The molecule has 5 rings (SSSR count). The number of carbonyl (C=O) groups excluding carboxylic acids is 2. The molecule has 1 aliphatic heterocycles. The van der Waals surface area contributed by atoms with Crippen molar-refractivity contribution in [2.45, 2.75) is 6.42 Å². The fourth-order valence-electron chi connectivity index (χ4n) is 3.42. The lowest BCUT2D eigenvalue weighted by Crippen LogP contribution is -2.31. The molecule has 0 unspecified atom stereocenters. The number of imide groups is 1. The second-order valence-electron chi connectivity index (χ2n) is 6.85. The van der Waals surface area contributed by atoms with Crippen LogP contribution in [0.25, 0.3) is 16.9 Å². The van der Waals surface area contributed by atoms with Crippen molar-refractivity contribution in [2.24, 2.45) is 0 Å². The maximum absolute atomic E-state index is 12.4. The molecule has 0 N–H and O–H groups in total. The Morgan fingerprint density at radius 1 is 0.968 bits per heavy atom. The molecule has 0 atom stereocenters. The van der Waals surface area contributed by atoms with Crippen LogP contribution in [0.3, 0.4) is 0 Å². The first-order valence-corrected chi connectivity index (χ1v) is 9.92. The molecule has 31 heavy (non-hydrogen) atoms.